The minimum Gasteiger partial charge on any atom is -0.301 e. The van der Waals surface area contributed by atoms with Crippen LogP contribution in [0.15, 0.2) is 0 Å². The van der Waals surface area contributed by atoms with Crippen LogP contribution < -0.4 is 4.65 Å². The fourth-order valence-corrected chi connectivity index (χ4v) is 10.0. The van der Waals surface area contributed by atoms with Gasteiger partial charge in [-0.1, -0.05) is 0 Å². The second-order valence-corrected chi connectivity index (χ2v) is 13.8. The molecule has 0 aliphatic heterocycles. The molecule has 0 unspecified atom stereocenters. The first-order valence-electron chi connectivity index (χ1n) is 1.54. The van der Waals surface area contributed by atoms with E-state index in [2.05, 4.69) is 4.65 Å². The van der Waals surface area contributed by atoms with E-state index in [1.807, 2.05) is 0 Å². The van der Waals surface area contributed by atoms with Gasteiger partial charge >= 0.3 is 13.7 Å². The average Bonchev–Trinajstić information content (AvgIpc) is 1.21. The molecule has 0 aromatic heterocycles. The fourth-order valence-electron chi connectivity index (χ4n) is 0.124. The number of hydrogen-bond donors (Lipinski definition) is 1. The van der Waals surface area contributed by atoms with Crippen molar-refractivity contribution in [3.05, 3.63) is 0 Å². The first-order chi connectivity index (χ1) is 3.42. The van der Waals surface area contributed by atoms with Gasteiger partial charge in [-0.15, -0.1) is 55.4 Å². The van der Waals surface area contributed by atoms with Crippen molar-refractivity contribution in [1.29, 1.82) is 0 Å². The van der Waals surface area contributed by atoms with Crippen molar-refractivity contribution < 1.29 is 0 Å². The van der Waals surface area contributed by atoms with E-state index >= 15 is 0 Å². The summed E-state index contributed by atoms with van der Waals surface area (Å²) in [5.74, 6) is 0. The van der Waals surface area contributed by atoms with E-state index in [-0.39, 0.29) is 0 Å². The fraction of sp³-hybridized carbons (Fsp3) is 0. The van der Waals surface area contributed by atoms with Crippen molar-refractivity contribution in [1.82, 2.24) is 4.65 Å². The third-order valence-electron chi connectivity index (χ3n) is 0.273. The maximum Gasteiger partial charge on any atom is 0.416 e. The van der Waals surface area contributed by atoms with Crippen molar-refractivity contribution in [2.24, 2.45) is 0 Å². The molecule has 0 saturated carbocycles. The Morgan fingerprint density at radius 2 is 1.50 bits per heavy atom. The van der Waals surface area contributed by atoms with Crippen LogP contribution in [0, 0.1) is 0 Å². The summed E-state index contributed by atoms with van der Waals surface area (Å²) in [6.07, 6.45) is -2.76. The molecule has 0 aromatic carbocycles. The summed E-state index contributed by atoms with van der Waals surface area (Å²) in [6, 6.07) is 0. The normalized spacial score (nSPS) is 12.8. The molecule has 0 saturated heterocycles. The van der Waals surface area contributed by atoms with E-state index in [4.69, 9.17) is 55.4 Å². The Kier molecular flexibility index (Phi) is 4.77. The van der Waals surface area contributed by atoms with E-state index in [9.17, 15) is 0 Å². The lowest BCUT2D eigenvalue weighted by Gasteiger charge is -2.07. The van der Waals surface area contributed by atoms with Crippen LogP contribution in [-0.4, -0.2) is 13.7 Å². The SMILES string of the molecule is Cl[SiH](Cl)N[Si](Cl)(Cl)Cl. The van der Waals surface area contributed by atoms with Crippen LogP contribution in [0.4, 0.5) is 0 Å². The quantitative estimate of drug-likeness (QED) is 0.582. The minimum atomic E-state index is -2.76. The molecule has 0 amide bonds. The van der Waals surface area contributed by atoms with Crippen LogP contribution in [-0.2, 0) is 0 Å². The number of halogens is 5. The maximum atomic E-state index is 5.35. The van der Waals surface area contributed by atoms with E-state index in [0.29, 0.717) is 0 Å². The molecular weight excluding hydrogens is 247 g/mol. The van der Waals surface area contributed by atoms with Gasteiger partial charge in [0.1, 0.15) is 0 Å². The Hall–Kier alpha value is 1.84. The van der Waals surface area contributed by atoms with Gasteiger partial charge in [-0.3, -0.25) is 0 Å². The summed E-state index contributed by atoms with van der Waals surface area (Å²) in [5, 5.41) is 0. The molecule has 1 N–H and O–H groups in total. The average molecular weight is 249 g/mol. The lowest BCUT2D eigenvalue weighted by Crippen LogP contribution is -2.40. The highest BCUT2D eigenvalue weighted by Gasteiger charge is 2.27. The molecule has 0 aliphatic rings. The second kappa shape index (κ2) is 3.88. The maximum absolute atomic E-state index is 5.35. The molecule has 50 valence electrons. The third kappa shape index (κ3) is 7.84. The predicted octanol–water partition coefficient (Wildman–Crippen LogP) is 1.92. The van der Waals surface area contributed by atoms with Crippen LogP contribution in [0.2, 0.25) is 0 Å². The molecule has 8 heavy (non-hydrogen) atoms. The molecule has 0 aliphatic carbocycles. The van der Waals surface area contributed by atoms with Gasteiger partial charge in [0, 0.05) is 0 Å². The third-order valence-corrected chi connectivity index (χ3v) is 7.36. The first kappa shape index (κ1) is 9.84. The molecular formula is H2Cl5NSi2. The van der Waals surface area contributed by atoms with Crippen LogP contribution >= 0.6 is 55.4 Å². The summed E-state index contributed by atoms with van der Waals surface area (Å²) < 4.78 is 2.49. The van der Waals surface area contributed by atoms with E-state index < -0.39 is 13.7 Å². The summed E-state index contributed by atoms with van der Waals surface area (Å²) in [5.41, 5.74) is 0. The zero-order valence-corrected chi connectivity index (χ0v) is 9.40. The van der Waals surface area contributed by atoms with Crippen LogP contribution in [0.25, 0.3) is 0 Å². The number of hydrogen-bond acceptors (Lipinski definition) is 1. The molecule has 0 bridgehead atoms. The molecule has 8 heteroatoms. The highest BCUT2D eigenvalue weighted by atomic mass is 35.8. The van der Waals surface area contributed by atoms with Gasteiger partial charge in [0.05, 0.1) is 0 Å². The van der Waals surface area contributed by atoms with Crippen molar-refractivity contribution in [3.63, 3.8) is 0 Å². The monoisotopic (exact) mass is 247 g/mol. The highest BCUT2D eigenvalue weighted by molar-refractivity contribution is 7.66. The van der Waals surface area contributed by atoms with Gasteiger partial charge in [0.15, 0.2) is 0 Å². The van der Waals surface area contributed by atoms with Crippen LogP contribution in [0.3, 0.4) is 0 Å². The van der Waals surface area contributed by atoms with Crippen molar-refractivity contribution in [2.75, 3.05) is 0 Å². The molecule has 0 radical (unpaired) electrons. The Labute approximate surface area is 73.5 Å². The largest absolute Gasteiger partial charge is 0.416 e. The van der Waals surface area contributed by atoms with Gasteiger partial charge in [0.25, 0.3) is 0 Å². The Bertz CT molecular complexity index is 65.3. The molecule has 0 atom stereocenters. The molecule has 0 aromatic rings. The number of nitrogens with one attached hydrogen (secondary N) is 1. The summed E-state index contributed by atoms with van der Waals surface area (Å²) in [7, 11) is -1.94. The Morgan fingerprint density at radius 1 is 1.12 bits per heavy atom. The first-order valence-corrected chi connectivity index (χ1v) is 10.6. The van der Waals surface area contributed by atoms with Gasteiger partial charge in [-0.2, -0.15) is 0 Å². The van der Waals surface area contributed by atoms with E-state index in [1.165, 1.54) is 0 Å². The van der Waals surface area contributed by atoms with E-state index in [1.54, 1.807) is 0 Å². The lowest BCUT2D eigenvalue weighted by atomic mass is 13.9. The van der Waals surface area contributed by atoms with Crippen molar-refractivity contribution in [3.8, 4) is 0 Å². The Morgan fingerprint density at radius 3 is 1.50 bits per heavy atom. The zero-order valence-electron chi connectivity index (χ0n) is 3.47. The predicted molar refractivity (Wildman–Crippen MR) is 45.3 cm³/mol. The van der Waals surface area contributed by atoms with Crippen molar-refractivity contribution >= 4 is 69.1 Å². The smallest absolute Gasteiger partial charge is 0.301 e. The molecule has 0 heterocycles. The standard InChI is InChI=1S/Cl5H2NSi2/c1-7(2)6-8(3,4)5/h6-7H. The van der Waals surface area contributed by atoms with Crippen LogP contribution in [0.5, 0.6) is 0 Å². The lowest BCUT2D eigenvalue weighted by molar-refractivity contribution is 1.61. The summed E-state index contributed by atoms with van der Waals surface area (Å²) in [6.45, 7) is 0. The number of rotatable bonds is 2. The zero-order chi connectivity index (χ0) is 6.78. The van der Waals surface area contributed by atoms with Crippen LogP contribution in [0.1, 0.15) is 0 Å². The van der Waals surface area contributed by atoms with Gasteiger partial charge in [0.2, 0.25) is 0 Å². The van der Waals surface area contributed by atoms with Gasteiger partial charge < -0.3 is 4.65 Å². The highest BCUT2D eigenvalue weighted by Crippen LogP contribution is 2.16. The minimum absolute atomic E-state index is 1.94. The molecule has 1 nitrogen and oxygen atoms in total. The second-order valence-electron chi connectivity index (χ2n) is 0.943. The van der Waals surface area contributed by atoms with Crippen molar-refractivity contribution in [2.45, 2.75) is 0 Å². The summed E-state index contributed by atoms with van der Waals surface area (Å²) in [4.78, 5) is 0. The topological polar surface area (TPSA) is 12.0 Å². The molecule has 0 spiro atoms. The summed E-state index contributed by atoms with van der Waals surface area (Å²) >= 11 is 26.7. The Balaban J connectivity index is 3.39. The van der Waals surface area contributed by atoms with Gasteiger partial charge in [-0.05, 0) is 0 Å². The van der Waals surface area contributed by atoms with Gasteiger partial charge in [-0.25, -0.2) is 0 Å². The molecule has 0 fully saturated rings. The van der Waals surface area contributed by atoms with E-state index in [0.717, 1.165) is 0 Å². The molecule has 0 rings (SSSR count).